The molecule has 5 nitrogen and oxygen atoms in total. The van der Waals surface area contributed by atoms with E-state index in [1.54, 1.807) is 0 Å². The summed E-state index contributed by atoms with van der Waals surface area (Å²) >= 11 is 0. The van der Waals surface area contributed by atoms with Crippen LogP contribution in [0.1, 0.15) is 58.8 Å². The fourth-order valence-electron chi connectivity index (χ4n) is 4.05. The van der Waals surface area contributed by atoms with E-state index >= 15 is 0 Å². The van der Waals surface area contributed by atoms with Crippen molar-refractivity contribution < 1.29 is 18.3 Å². The summed E-state index contributed by atoms with van der Waals surface area (Å²) in [6, 6.07) is -0.935. The van der Waals surface area contributed by atoms with E-state index in [1.807, 2.05) is 13.8 Å². The highest BCUT2D eigenvalue weighted by Gasteiger charge is 2.50. The molecule has 0 bridgehead atoms. The van der Waals surface area contributed by atoms with Crippen LogP contribution in [-0.2, 0) is 14.8 Å². The minimum absolute atomic E-state index is 0.0772. The number of hydrogen-bond acceptors (Lipinski definition) is 3. The minimum Gasteiger partial charge on any atom is -0.480 e. The number of sulfonamides is 1. The topological polar surface area (TPSA) is 74.7 Å². The highest BCUT2D eigenvalue weighted by molar-refractivity contribution is 7.89. The fourth-order valence-corrected chi connectivity index (χ4v) is 6.36. The molecule has 1 saturated carbocycles. The van der Waals surface area contributed by atoms with Crippen LogP contribution in [0.5, 0.6) is 0 Å². The molecule has 21 heavy (non-hydrogen) atoms. The van der Waals surface area contributed by atoms with Crippen molar-refractivity contribution in [3.8, 4) is 0 Å². The lowest BCUT2D eigenvalue weighted by molar-refractivity contribution is -0.141. The molecule has 2 aliphatic rings. The van der Waals surface area contributed by atoms with Crippen LogP contribution in [0.15, 0.2) is 0 Å². The van der Waals surface area contributed by atoms with Gasteiger partial charge in [-0.1, -0.05) is 33.1 Å². The Balaban J connectivity index is 2.22. The summed E-state index contributed by atoms with van der Waals surface area (Å²) in [7, 11) is -3.49. The monoisotopic (exact) mass is 317 g/mol. The summed E-state index contributed by atoms with van der Waals surface area (Å²) in [5.41, 5.74) is 0. The standard InChI is InChI=1S/C15H27NO4S/c1-3-6-11(2)10-21(19,20)16-13-8-5-4-7-12(13)9-14(16)15(17)18/h11-14H,3-10H2,1-2H3,(H,17,18). The molecule has 1 N–H and O–H groups in total. The first-order valence-corrected chi connectivity index (χ1v) is 9.71. The highest BCUT2D eigenvalue weighted by atomic mass is 32.2. The van der Waals surface area contributed by atoms with Gasteiger partial charge in [0.1, 0.15) is 6.04 Å². The number of aliphatic carboxylic acids is 1. The number of rotatable bonds is 6. The molecule has 4 unspecified atom stereocenters. The maximum absolute atomic E-state index is 12.8. The van der Waals surface area contributed by atoms with Crippen LogP contribution in [0.3, 0.4) is 0 Å². The summed E-state index contributed by atoms with van der Waals surface area (Å²) in [5.74, 6) is -0.599. The number of carboxylic acids is 1. The second-order valence-electron chi connectivity index (χ2n) is 6.70. The van der Waals surface area contributed by atoms with Gasteiger partial charge in [-0.3, -0.25) is 4.79 Å². The molecule has 2 rings (SSSR count). The van der Waals surface area contributed by atoms with Gasteiger partial charge in [-0.25, -0.2) is 8.42 Å². The molecule has 0 aromatic heterocycles. The van der Waals surface area contributed by atoms with E-state index in [4.69, 9.17) is 0 Å². The van der Waals surface area contributed by atoms with Crippen LogP contribution >= 0.6 is 0 Å². The molecule has 0 spiro atoms. The van der Waals surface area contributed by atoms with E-state index in [0.29, 0.717) is 6.42 Å². The molecular weight excluding hydrogens is 290 g/mol. The molecule has 4 atom stereocenters. The third-order valence-corrected chi connectivity index (χ3v) is 7.07. The smallest absolute Gasteiger partial charge is 0.322 e. The predicted molar refractivity (Wildman–Crippen MR) is 81.5 cm³/mol. The largest absolute Gasteiger partial charge is 0.480 e. The Labute approximate surface area is 127 Å². The van der Waals surface area contributed by atoms with Crippen molar-refractivity contribution in [3.05, 3.63) is 0 Å². The average molecular weight is 317 g/mol. The second kappa shape index (κ2) is 6.65. The molecule has 1 heterocycles. The lowest BCUT2D eigenvalue weighted by Crippen LogP contribution is -2.47. The zero-order chi connectivity index (χ0) is 15.6. The number of fused-ring (bicyclic) bond motifs is 1. The van der Waals surface area contributed by atoms with E-state index in [-0.39, 0.29) is 23.6 Å². The maximum atomic E-state index is 12.8. The number of carbonyl (C=O) groups is 1. The van der Waals surface area contributed by atoms with Gasteiger partial charge in [0, 0.05) is 6.04 Å². The Kier molecular flexibility index (Phi) is 5.30. The molecular formula is C15H27NO4S. The van der Waals surface area contributed by atoms with Crippen molar-refractivity contribution in [2.45, 2.75) is 70.9 Å². The molecule has 1 aliphatic carbocycles. The van der Waals surface area contributed by atoms with Crippen molar-refractivity contribution in [1.29, 1.82) is 0 Å². The first-order chi connectivity index (χ1) is 9.86. The van der Waals surface area contributed by atoms with Gasteiger partial charge in [-0.15, -0.1) is 0 Å². The molecule has 0 amide bonds. The van der Waals surface area contributed by atoms with Gasteiger partial charge < -0.3 is 5.11 Å². The van der Waals surface area contributed by atoms with Gasteiger partial charge in [0.25, 0.3) is 0 Å². The van der Waals surface area contributed by atoms with E-state index in [0.717, 1.165) is 38.5 Å². The molecule has 0 aromatic carbocycles. The second-order valence-corrected chi connectivity index (χ2v) is 8.62. The van der Waals surface area contributed by atoms with Gasteiger partial charge in [-0.2, -0.15) is 4.31 Å². The van der Waals surface area contributed by atoms with Crippen LogP contribution in [-0.4, -0.2) is 41.6 Å². The van der Waals surface area contributed by atoms with Crippen molar-refractivity contribution in [3.63, 3.8) is 0 Å². The molecule has 0 radical (unpaired) electrons. The molecule has 0 aromatic rings. The number of hydrogen-bond donors (Lipinski definition) is 1. The number of carboxylic acid groups (broad SMARTS) is 1. The highest BCUT2D eigenvalue weighted by Crippen LogP contribution is 2.41. The van der Waals surface area contributed by atoms with Crippen LogP contribution in [0, 0.1) is 11.8 Å². The Bertz CT molecular complexity index is 476. The molecule has 1 aliphatic heterocycles. The molecule has 1 saturated heterocycles. The normalized spacial score (nSPS) is 31.8. The van der Waals surface area contributed by atoms with E-state index in [9.17, 15) is 18.3 Å². The Morgan fingerprint density at radius 3 is 2.62 bits per heavy atom. The van der Waals surface area contributed by atoms with Gasteiger partial charge in [0.2, 0.25) is 10.0 Å². The Morgan fingerprint density at radius 1 is 1.33 bits per heavy atom. The van der Waals surface area contributed by atoms with Crippen molar-refractivity contribution in [2.24, 2.45) is 11.8 Å². The van der Waals surface area contributed by atoms with Crippen molar-refractivity contribution in [1.82, 2.24) is 4.31 Å². The van der Waals surface area contributed by atoms with Crippen LogP contribution in [0.25, 0.3) is 0 Å². The molecule has 6 heteroatoms. The minimum atomic E-state index is -3.49. The quantitative estimate of drug-likeness (QED) is 0.816. The average Bonchev–Trinajstić information content (AvgIpc) is 2.78. The summed E-state index contributed by atoms with van der Waals surface area (Å²) in [6.07, 6.45) is 6.17. The Hall–Kier alpha value is -0.620. The first kappa shape index (κ1) is 16.7. The SMILES string of the molecule is CCCC(C)CS(=O)(=O)N1C(C(=O)O)CC2CCCCC21. The van der Waals surface area contributed by atoms with Crippen LogP contribution < -0.4 is 0 Å². The third-order valence-electron chi connectivity index (χ3n) is 4.91. The van der Waals surface area contributed by atoms with Crippen LogP contribution in [0.2, 0.25) is 0 Å². The molecule has 2 fully saturated rings. The van der Waals surface area contributed by atoms with Crippen molar-refractivity contribution >= 4 is 16.0 Å². The maximum Gasteiger partial charge on any atom is 0.322 e. The lowest BCUT2D eigenvalue weighted by atomic mass is 9.85. The van der Waals surface area contributed by atoms with E-state index in [2.05, 4.69) is 0 Å². The Morgan fingerprint density at radius 2 is 2.00 bits per heavy atom. The summed E-state index contributed by atoms with van der Waals surface area (Å²) in [6.45, 7) is 3.97. The van der Waals surface area contributed by atoms with Gasteiger partial charge in [0.05, 0.1) is 5.75 Å². The first-order valence-electron chi connectivity index (χ1n) is 8.10. The lowest BCUT2D eigenvalue weighted by Gasteiger charge is -2.32. The summed E-state index contributed by atoms with van der Waals surface area (Å²) in [4.78, 5) is 11.5. The summed E-state index contributed by atoms with van der Waals surface area (Å²) in [5, 5.41) is 9.43. The molecule has 122 valence electrons. The number of nitrogens with zero attached hydrogens (tertiary/aromatic N) is 1. The zero-order valence-electron chi connectivity index (χ0n) is 13.0. The predicted octanol–water partition coefficient (Wildman–Crippen LogP) is 2.47. The van der Waals surface area contributed by atoms with Crippen LogP contribution in [0.4, 0.5) is 0 Å². The third kappa shape index (κ3) is 3.59. The summed E-state index contributed by atoms with van der Waals surface area (Å²) < 4.78 is 26.9. The van der Waals surface area contributed by atoms with Gasteiger partial charge in [0.15, 0.2) is 0 Å². The van der Waals surface area contributed by atoms with Gasteiger partial charge >= 0.3 is 5.97 Å². The van der Waals surface area contributed by atoms with E-state index < -0.39 is 22.0 Å². The van der Waals surface area contributed by atoms with E-state index in [1.165, 1.54) is 4.31 Å². The van der Waals surface area contributed by atoms with Crippen molar-refractivity contribution in [2.75, 3.05) is 5.75 Å². The fraction of sp³-hybridized carbons (Fsp3) is 0.933. The van der Waals surface area contributed by atoms with Gasteiger partial charge in [-0.05, 0) is 37.5 Å². The zero-order valence-corrected chi connectivity index (χ0v) is 13.8.